The van der Waals surface area contributed by atoms with Crippen LogP contribution in [0.2, 0.25) is 0 Å². The molecular weight excluding hydrogens is 214 g/mol. The van der Waals surface area contributed by atoms with Gasteiger partial charge in [0.1, 0.15) is 10.7 Å². The number of anilines is 1. The molecule has 14 heavy (non-hydrogen) atoms. The van der Waals surface area contributed by atoms with Crippen molar-refractivity contribution in [3.8, 4) is 0 Å². The van der Waals surface area contributed by atoms with Crippen molar-refractivity contribution in [3.63, 3.8) is 0 Å². The third-order valence-corrected chi connectivity index (χ3v) is 2.47. The van der Waals surface area contributed by atoms with Crippen molar-refractivity contribution in [3.05, 3.63) is 24.0 Å². The summed E-state index contributed by atoms with van der Waals surface area (Å²) in [6, 6.07) is 3.80. The molecule has 1 rings (SSSR count). The first-order valence-corrected chi connectivity index (χ1v) is 6.03. The van der Waals surface area contributed by atoms with E-state index in [4.69, 9.17) is 18.0 Å². The predicted octanol–water partition coefficient (Wildman–Crippen LogP) is 1.49. The maximum Gasteiger partial charge on any atom is 0.124 e. The zero-order valence-corrected chi connectivity index (χ0v) is 9.62. The standard InChI is InChI=1S/C9H13N3S2/c1-14-6-5-11-7-3-2-4-12-8(7)9(10)13/h2-4,11H,5-6H2,1H3,(H2,10,13). The van der Waals surface area contributed by atoms with E-state index in [0.717, 1.165) is 18.0 Å². The molecular formula is C9H13N3S2. The zero-order chi connectivity index (χ0) is 10.4. The summed E-state index contributed by atoms with van der Waals surface area (Å²) in [4.78, 5) is 4.45. The molecule has 0 fully saturated rings. The molecule has 1 aromatic rings. The maximum atomic E-state index is 5.54. The van der Waals surface area contributed by atoms with Crippen molar-refractivity contribution < 1.29 is 0 Å². The highest BCUT2D eigenvalue weighted by Gasteiger charge is 2.04. The Morgan fingerprint density at radius 3 is 3.14 bits per heavy atom. The van der Waals surface area contributed by atoms with E-state index in [1.54, 1.807) is 18.0 Å². The molecule has 0 amide bonds. The topological polar surface area (TPSA) is 50.9 Å². The van der Waals surface area contributed by atoms with Gasteiger partial charge in [0.25, 0.3) is 0 Å². The Morgan fingerprint density at radius 1 is 1.71 bits per heavy atom. The Bertz CT molecular complexity index is 315. The van der Waals surface area contributed by atoms with Gasteiger partial charge in [0, 0.05) is 18.5 Å². The molecule has 1 heterocycles. The molecule has 0 aliphatic heterocycles. The van der Waals surface area contributed by atoms with Gasteiger partial charge in [-0.05, 0) is 18.4 Å². The van der Waals surface area contributed by atoms with Crippen molar-refractivity contribution in [2.45, 2.75) is 0 Å². The van der Waals surface area contributed by atoms with Crippen molar-refractivity contribution in [1.29, 1.82) is 0 Å². The van der Waals surface area contributed by atoms with Crippen molar-refractivity contribution in [2.75, 3.05) is 23.9 Å². The second-order valence-corrected chi connectivity index (χ2v) is 4.11. The van der Waals surface area contributed by atoms with Crippen LogP contribution in [-0.2, 0) is 0 Å². The van der Waals surface area contributed by atoms with Crippen LogP contribution < -0.4 is 11.1 Å². The summed E-state index contributed by atoms with van der Waals surface area (Å²) in [5, 5.41) is 3.24. The second-order valence-electron chi connectivity index (χ2n) is 2.68. The van der Waals surface area contributed by atoms with E-state index in [9.17, 15) is 0 Å². The quantitative estimate of drug-likeness (QED) is 0.589. The smallest absolute Gasteiger partial charge is 0.124 e. The van der Waals surface area contributed by atoms with Gasteiger partial charge in [-0.25, -0.2) is 0 Å². The van der Waals surface area contributed by atoms with Crippen LogP contribution >= 0.6 is 24.0 Å². The number of hydrogen-bond acceptors (Lipinski definition) is 4. The van der Waals surface area contributed by atoms with E-state index in [0.29, 0.717) is 10.7 Å². The summed E-state index contributed by atoms with van der Waals surface area (Å²) >= 11 is 6.69. The van der Waals surface area contributed by atoms with Gasteiger partial charge in [-0.1, -0.05) is 12.2 Å². The number of pyridine rings is 1. The monoisotopic (exact) mass is 227 g/mol. The molecule has 0 unspecified atom stereocenters. The lowest BCUT2D eigenvalue weighted by molar-refractivity contribution is 1.19. The Labute approximate surface area is 93.5 Å². The first kappa shape index (κ1) is 11.3. The normalized spacial score (nSPS) is 9.79. The van der Waals surface area contributed by atoms with Crippen LogP contribution in [-0.4, -0.2) is 28.5 Å². The number of nitrogens with two attached hydrogens (primary N) is 1. The van der Waals surface area contributed by atoms with Gasteiger partial charge in [0.05, 0.1) is 5.69 Å². The molecule has 0 aromatic carbocycles. The van der Waals surface area contributed by atoms with E-state index in [2.05, 4.69) is 16.6 Å². The predicted molar refractivity (Wildman–Crippen MR) is 67.0 cm³/mol. The third kappa shape index (κ3) is 3.16. The summed E-state index contributed by atoms with van der Waals surface area (Å²) in [7, 11) is 0. The summed E-state index contributed by atoms with van der Waals surface area (Å²) in [5.74, 6) is 1.05. The van der Waals surface area contributed by atoms with E-state index in [1.165, 1.54) is 0 Å². The molecule has 0 spiro atoms. The lowest BCUT2D eigenvalue weighted by atomic mass is 10.3. The molecule has 0 saturated carbocycles. The molecule has 0 aliphatic rings. The summed E-state index contributed by atoms with van der Waals surface area (Å²) < 4.78 is 0. The van der Waals surface area contributed by atoms with E-state index < -0.39 is 0 Å². The Morgan fingerprint density at radius 2 is 2.50 bits per heavy atom. The lowest BCUT2D eigenvalue weighted by Crippen LogP contribution is -2.16. The molecule has 0 aliphatic carbocycles. The first-order chi connectivity index (χ1) is 6.75. The van der Waals surface area contributed by atoms with Gasteiger partial charge in [0.2, 0.25) is 0 Å². The van der Waals surface area contributed by atoms with Gasteiger partial charge in [-0.2, -0.15) is 11.8 Å². The highest BCUT2D eigenvalue weighted by Crippen LogP contribution is 2.11. The molecule has 1 aromatic heterocycles. The highest BCUT2D eigenvalue weighted by atomic mass is 32.2. The summed E-state index contributed by atoms with van der Waals surface area (Å²) in [6.45, 7) is 0.891. The third-order valence-electron chi connectivity index (χ3n) is 1.66. The highest BCUT2D eigenvalue weighted by molar-refractivity contribution is 7.98. The van der Waals surface area contributed by atoms with Crippen molar-refractivity contribution in [2.24, 2.45) is 5.73 Å². The fraction of sp³-hybridized carbons (Fsp3) is 0.333. The number of aromatic nitrogens is 1. The molecule has 0 saturated heterocycles. The average molecular weight is 227 g/mol. The molecule has 5 heteroatoms. The van der Waals surface area contributed by atoms with Gasteiger partial charge in [0.15, 0.2) is 0 Å². The Kier molecular flexibility index (Phi) is 4.69. The fourth-order valence-electron chi connectivity index (χ4n) is 1.03. The van der Waals surface area contributed by atoms with Crippen LogP contribution in [0.4, 0.5) is 5.69 Å². The number of thiocarbonyl (C=S) groups is 1. The number of thioether (sulfide) groups is 1. The molecule has 3 nitrogen and oxygen atoms in total. The van der Waals surface area contributed by atoms with Gasteiger partial charge in [-0.15, -0.1) is 0 Å². The minimum atomic E-state index is 0.331. The first-order valence-electron chi connectivity index (χ1n) is 4.23. The number of nitrogens with one attached hydrogen (secondary N) is 1. The Balaban J connectivity index is 2.69. The summed E-state index contributed by atoms with van der Waals surface area (Å²) in [5.41, 5.74) is 7.12. The van der Waals surface area contributed by atoms with Crippen LogP contribution in [0.1, 0.15) is 5.69 Å². The lowest BCUT2D eigenvalue weighted by Gasteiger charge is -2.08. The van der Waals surface area contributed by atoms with Crippen LogP contribution in [0.15, 0.2) is 18.3 Å². The number of rotatable bonds is 5. The van der Waals surface area contributed by atoms with Crippen LogP contribution in [0.3, 0.4) is 0 Å². The van der Waals surface area contributed by atoms with Gasteiger partial charge < -0.3 is 11.1 Å². The number of hydrogen-bond donors (Lipinski definition) is 2. The maximum absolute atomic E-state index is 5.54. The zero-order valence-electron chi connectivity index (χ0n) is 7.99. The Hall–Kier alpha value is -0.810. The molecule has 0 radical (unpaired) electrons. The van der Waals surface area contributed by atoms with Crippen molar-refractivity contribution in [1.82, 2.24) is 4.98 Å². The minimum absolute atomic E-state index is 0.331. The molecule has 0 bridgehead atoms. The fourth-order valence-corrected chi connectivity index (χ4v) is 1.50. The molecule has 3 N–H and O–H groups in total. The minimum Gasteiger partial charge on any atom is -0.388 e. The summed E-state index contributed by atoms with van der Waals surface area (Å²) in [6.07, 6.45) is 3.76. The van der Waals surface area contributed by atoms with E-state index in [-0.39, 0.29) is 0 Å². The van der Waals surface area contributed by atoms with Crippen LogP contribution in [0.5, 0.6) is 0 Å². The molecule has 0 atom stereocenters. The largest absolute Gasteiger partial charge is 0.388 e. The molecule has 76 valence electrons. The second kappa shape index (κ2) is 5.82. The van der Waals surface area contributed by atoms with Crippen molar-refractivity contribution >= 4 is 34.7 Å². The SMILES string of the molecule is CSCCNc1cccnc1C(N)=S. The number of nitrogens with zero attached hydrogens (tertiary/aromatic N) is 1. The van der Waals surface area contributed by atoms with E-state index in [1.807, 2.05) is 12.1 Å². The van der Waals surface area contributed by atoms with E-state index >= 15 is 0 Å². The van der Waals surface area contributed by atoms with Crippen LogP contribution in [0.25, 0.3) is 0 Å². The van der Waals surface area contributed by atoms with Gasteiger partial charge >= 0.3 is 0 Å². The van der Waals surface area contributed by atoms with Gasteiger partial charge in [-0.3, -0.25) is 4.98 Å². The van der Waals surface area contributed by atoms with Crippen LogP contribution in [0, 0.1) is 0 Å². The average Bonchev–Trinajstić information content (AvgIpc) is 2.19.